The molecule has 1 aromatic carbocycles. The van der Waals surface area contributed by atoms with Crippen molar-refractivity contribution >= 4 is 27.4 Å². The molecular weight excluding hydrogens is 414 g/mol. The van der Waals surface area contributed by atoms with Crippen LogP contribution in [0.4, 0.5) is 5.69 Å². The van der Waals surface area contributed by atoms with Gasteiger partial charge in [0, 0.05) is 36.7 Å². The average molecular weight is 448 g/mol. The summed E-state index contributed by atoms with van der Waals surface area (Å²) in [6.45, 7) is 3.84. The second-order valence-corrected chi connectivity index (χ2v) is 11.3. The summed E-state index contributed by atoms with van der Waals surface area (Å²) in [5.74, 6) is 0.463. The first-order valence-electron chi connectivity index (χ1n) is 11.4. The van der Waals surface area contributed by atoms with E-state index in [1.165, 1.54) is 10.6 Å². The summed E-state index contributed by atoms with van der Waals surface area (Å²) in [6, 6.07) is 5.44. The van der Waals surface area contributed by atoms with Gasteiger partial charge in [0.2, 0.25) is 15.9 Å². The van der Waals surface area contributed by atoms with Gasteiger partial charge in [-0.05, 0) is 62.8 Å². The van der Waals surface area contributed by atoms with Crippen LogP contribution >= 0.6 is 0 Å². The van der Waals surface area contributed by atoms with Gasteiger partial charge in [-0.1, -0.05) is 12.8 Å². The van der Waals surface area contributed by atoms with Gasteiger partial charge in [-0.2, -0.15) is 0 Å². The number of hydrogen-bond acceptors (Lipinski definition) is 5. The number of amides is 1. The Bertz CT molecular complexity index is 948. The van der Waals surface area contributed by atoms with Gasteiger partial charge >= 0.3 is 0 Å². The Hall–Kier alpha value is -1.93. The lowest BCUT2D eigenvalue weighted by atomic mass is 10.0. The van der Waals surface area contributed by atoms with Crippen molar-refractivity contribution < 1.29 is 18.0 Å². The Morgan fingerprint density at radius 3 is 2.42 bits per heavy atom. The lowest BCUT2D eigenvalue weighted by Gasteiger charge is -2.32. The van der Waals surface area contributed by atoms with Crippen LogP contribution in [0.25, 0.3) is 0 Å². The smallest absolute Gasteiger partial charge is 0.232 e. The highest BCUT2D eigenvalue weighted by Crippen LogP contribution is 2.35. The summed E-state index contributed by atoms with van der Waals surface area (Å²) in [5.41, 5.74) is 2.24. The molecule has 31 heavy (non-hydrogen) atoms. The molecule has 1 aromatic rings. The van der Waals surface area contributed by atoms with E-state index in [9.17, 15) is 18.0 Å². The molecular formula is C23H33N3O4S. The van der Waals surface area contributed by atoms with Crippen LogP contribution in [0.1, 0.15) is 61.4 Å². The summed E-state index contributed by atoms with van der Waals surface area (Å²) < 4.78 is 25.6. The minimum absolute atomic E-state index is 0.0571. The SMILES string of the molecule is CC1Cc2cc(C(=O)CN3CCC(NC(=O)C4CCCC4)CC3)ccc2N1S(C)(=O)=O. The van der Waals surface area contributed by atoms with Crippen LogP contribution < -0.4 is 9.62 Å². The molecule has 1 amide bonds. The molecule has 0 radical (unpaired) electrons. The number of hydrogen-bond donors (Lipinski definition) is 1. The molecule has 1 atom stereocenters. The van der Waals surface area contributed by atoms with Crippen molar-refractivity contribution in [3.8, 4) is 0 Å². The summed E-state index contributed by atoms with van der Waals surface area (Å²) in [7, 11) is -3.33. The Kier molecular flexibility index (Phi) is 6.40. The van der Waals surface area contributed by atoms with E-state index >= 15 is 0 Å². The number of fused-ring (bicyclic) bond motifs is 1. The molecule has 1 N–H and O–H groups in total. The number of carbonyl (C=O) groups excluding carboxylic acids is 2. The van der Waals surface area contributed by atoms with Gasteiger partial charge in [0.1, 0.15) is 0 Å². The summed E-state index contributed by atoms with van der Waals surface area (Å²) in [6.07, 6.45) is 7.93. The van der Waals surface area contributed by atoms with Crippen molar-refractivity contribution in [2.75, 3.05) is 30.2 Å². The number of benzene rings is 1. The number of nitrogens with zero attached hydrogens (tertiary/aromatic N) is 2. The van der Waals surface area contributed by atoms with E-state index in [2.05, 4.69) is 10.2 Å². The zero-order chi connectivity index (χ0) is 22.2. The number of anilines is 1. The normalized spacial score (nSPS) is 23.2. The maximum absolute atomic E-state index is 12.9. The van der Waals surface area contributed by atoms with E-state index in [1.54, 1.807) is 12.1 Å². The highest BCUT2D eigenvalue weighted by Gasteiger charge is 2.33. The lowest BCUT2D eigenvalue weighted by Crippen LogP contribution is -2.47. The fraction of sp³-hybridized carbons (Fsp3) is 0.652. The first kappa shape index (κ1) is 22.3. The molecule has 0 bridgehead atoms. The summed E-state index contributed by atoms with van der Waals surface area (Å²) in [4.78, 5) is 27.4. The number of carbonyl (C=O) groups is 2. The van der Waals surface area contributed by atoms with E-state index in [1.807, 2.05) is 13.0 Å². The van der Waals surface area contributed by atoms with Crippen LogP contribution in [-0.2, 0) is 21.2 Å². The highest BCUT2D eigenvalue weighted by molar-refractivity contribution is 7.92. The fourth-order valence-electron chi connectivity index (χ4n) is 5.32. The van der Waals surface area contributed by atoms with Crippen LogP contribution in [0.3, 0.4) is 0 Å². The molecule has 0 aromatic heterocycles. The number of ketones is 1. The van der Waals surface area contributed by atoms with Crippen LogP contribution in [0, 0.1) is 5.92 Å². The van der Waals surface area contributed by atoms with Crippen LogP contribution in [-0.4, -0.2) is 63.0 Å². The Balaban J connectivity index is 1.31. The Labute approximate surface area is 185 Å². The maximum Gasteiger partial charge on any atom is 0.232 e. The molecule has 0 spiro atoms. The molecule has 1 saturated carbocycles. The second kappa shape index (κ2) is 8.90. The number of piperidine rings is 1. The molecule has 4 rings (SSSR count). The quantitative estimate of drug-likeness (QED) is 0.677. The third-order valence-corrected chi connectivity index (χ3v) is 8.21. The number of likely N-dealkylation sites (tertiary alicyclic amines) is 1. The van der Waals surface area contributed by atoms with E-state index < -0.39 is 10.0 Å². The van der Waals surface area contributed by atoms with E-state index in [0.717, 1.165) is 57.2 Å². The lowest BCUT2D eigenvalue weighted by molar-refractivity contribution is -0.125. The molecule has 3 aliphatic rings. The van der Waals surface area contributed by atoms with Gasteiger partial charge in [0.25, 0.3) is 0 Å². The highest BCUT2D eigenvalue weighted by atomic mass is 32.2. The van der Waals surface area contributed by atoms with E-state index in [-0.39, 0.29) is 29.7 Å². The first-order valence-corrected chi connectivity index (χ1v) is 13.3. The zero-order valence-corrected chi connectivity index (χ0v) is 19.3. The number of sulfonamides is 1. The standard InChI is InChI=1S/C23H33N3O4S/c1-16-13-19-14-18(7-8-21(19)26(16)31(2,29)30)22(27)15-25-11-9-20(10-12-25)24-23(28)17-5-3-4-6-17/h7-8,14,16-17,20H,3-6,9-13,15H2,1-2H3,(H,24,28). The van der Waals surface area contributed by atoms with Crippen LogP contribution in [0.5, 0.6) is 0 Å². The van der Waals surface area contributed by atoms with E-state index in [4.69, 9.17) is 0 Å². The number of nitrogens with one attached hydrogen (secondary N) is 1. The minimum atomic E-state index is -3.33. The fourth-order valence-corrected chi connectivity index (χ4v) is 6.58. The van der Waals surface area contributed by atoms with Gasteiger partial charge in [0.05, 0.1) is 18.5 Å². The molecule has 7 nitrogen and oxygen atoms in total. The van der Waals surface area contributed by atoms with Crippen molar-refractivity contribution in [2.45, 2.75) is 64.0 Å². The molecule has 2 fully saturated rings. The van der Waals surface area contributed by atoms with Gasteiger partial charge in [-0.15, -0.1) is 0 Å². The van der Waals surface area contributed by atoms with Crippen molar-refractivity contribution in [3.05, 3.63) is 29.3 Å². The summed E-state index contributed by atoms with van der Waals surface area (Å²) in [5, 5.41) is 3.21. The van der Waals surface area contributed by atoms with Crippen molar-refractivity contribution in [1.82, 2.24) is 10.2 Å². The first-order chi connectivity index (χ1) is 14.7. The maximum atomic E-state index is 12.9. The van der Waals surface area contributed by atoms with Crippen LogP contribution in [0.2, 0.25) is 0 Å². The molecule has 2 heterocycles. The summed E-state index contributed by atoms with van der Waals surface area (Å²) >= 11 is 0. The third-order valence-electron chi connectivity index (χ3n) is 6.94. The molecule has 1 unspecified atom stereocenters. The molecule has 1 saturated heterocycles. The topological polar surface area (TPSA) is 86.8 Å². The molecule has 8 heteroatoms. The average Bonchev–Trinajstić information content (AvgIpc) is 3.35. The molecule has 1 aliphatic carbocycles. The van der Waals surface area contributed by atoms with Gasteiger partial charge in [-0.3, -0.25) is 18.8 Å². The predicted octanol–water partition coefficient (Wildman–Crippen LogP) is 2.35. The Morgan fingerprint density at radius 1 is 1.10 bits per heavy atom. The minimum Gasteiger partial charge on any atom is -0.353 e. The monoisotopic (exact) mass is 447 g/mol. The zero-order valence-electron chi connectivity index (χ0n) is 18.5. The van der Waals surface area contributed by atoms with Crippen LogP contribution in [0.15, 0.2) is 18.2 Å². The molecule has 2 aliphatic heterocycles. The third kappa shape index (κ3) is 4.95. The van der Waals surface area contributed by atoms with E-state index in [0.29, 0.717) is 24.2 Å². The van der Waals surface area contributed by atoms with Gasteiger partial charge < -0.3 is 5.32 Å². The van der Waals surface area contributed by atoms with Gasteiger partial charge in [0.15, 0.2) is 5.78 Å². The largest absolute Gasteiger partial charge is 0.353 e. The van der Waals surface area contributed by atoms with Crippen molar-refractivity contribution in [2.24, 2.45) is 5.92 Å². The van der Waals surface area contributed by atoms with Crippen molar-refractivity contribution in [3.63, 3.8) is 0 Å². The second-order valence-electron chi connectivity index (χ2n) is 9.42. The number of rotatable bonds is 6. The Morgan fingerprint density at radius 2 is 1.77 bits per heavy atom. The number of Topliss-reactive ketones (excluding diaryl/α,β-unsaturated/α-hetero) is 1. The molecule has 170 valence electrons. The van der Waals surface area contributed by atoms with Gasteiger partial charge in [-0.25, -0.2) is 8.42 Å². The predicted molar refractivity (Wildman–Crippen MR) is 121 cm³/mol. The van der Waals surface area contributed by atoms with Crippen molar-refractivity contribution in [1.29, 1.82) is 0 Å².